The Morgan fingerprint density at radius 2 is 0.875 bits per heavy atom. The molecule has 3 fully saturated rings. The molecule has 0 spiro atoms. The average molecular weight is 452 g/mol. The van der Waals surface area contributed by atoms with E-state index < -0.39 is 0 Å². The van der Waals surface area contributed by atoms with Crippen molar-refractivity contribution < 1.29 is 0 Å². The molecule has 0 aromatic rings. The normalized spacial score (nSPS) is 27.4. The Morgan fingerprint density at radius 3 is 1.19 bits per heavy atom. The zero-order valence-electron chi connectivity index (χ0n) is 24.4. The van der Waals surface area contributed by atoms with Gasteiger partial charge < -0.3 is 14.7 Å². The van der Waals surface area contributed by atoms with Crippen LogP contribution in [0.3, 0.4) is 0 Å². The Bertz CT molecular complexity index is 500. The Hall–Kier alpha value is -0.120. The fourth-order valence-corrected chi connectivity index (χ4v) is 6.05. The molecule has 192 valence electrons. The molecule has 3 nitrogen and oxygen atoms in total. The van der Waals surface area contributed by atoms with E-state index in [-0.39, 0.29) is 0 Å². The lowest BCUT2D eigenvalue weighted by Crippen LogP contribution is -2.44. The number of rotatable bonds is 0. The van der Waals surface area contributed by atoms with Crippen LogP contribution in [-0.2, 0) is 0 Å². The number of nitrogens with zero attached hydrogens (tertiary/aromatic N) is 3. The van der Waals surface area contributed by atoms with Gasteiger partial charge >= 0.3 is 0 Å². The van der Waals surface area contributed by atoms with Gasteiger partial charge in [-0.3, -0.25) is 0 Å². The first-order valence-corrected chi connectivity index (χ1v) is 13.6. The molecule has 3 heterocycles. The van der Waals surface area contributed by atoms with Gasteiger partial charge in [0.25, 0.3) is 0 Å². The maximum absolute atomic E-state index is 2.52. The standard InChI is InChI=1S/2C10H21N.C9H19N/c1-10(2,3)9-5-7-11(4)8-6-9;1-10(2,3)9-7-5-6-8-11(9)4;1-9(2,3)8-6-5-7-10(8)4/h2*9H,5-8H2,1-4H3;8H,5-7H2,1-4H3. The summed E-state index contributed by atoms with van der Waals surface area (Å²) in [5.41, 5.74) is 1.47. The molecule has 0 radical (unpaired) electrons. The highest BCUT2D eigenvalue weighted by Gasteiger charge is 2.31. The second-order valence-corrected chi connectivity index (χ2v) is 14.3. The van der Waals surface area contributed by atoms with E-state index in [1.165, 1.54) is 71.1 Å². The van der Waals surface area contributed by atoms with Gasteiger partial charge in [0, 0.05) is 12.1 Å². The van der Waals surface area contributed by atoms with Crippen LogP contribution in [0.4, 0.5) is 0 Å². The summed E-state index contributed by atoms with van der Waals surface area (Å²) in [5.74, 6) is 0.943. The molecular formula is C29H61N3. The molecule has 0 N–H and O–H groups in total. The SMILES string of the molecule is CN1CCC(C(C)(C)C)CC1.CN1CCCC1C(C)(C)C.CN1CCCCC1C(C)(C)C. The highest BCUT2D eigenvalue weighted by molar-refractivity contribution is 4.86. The molecule has 32 heavy (non-hydrogen) atoms. The third kappa shape index (κ3) is 10.4. The Labute approximate surface area is 203 Å². The molecular weight excluding hydrogens is 390 g/mol. The summed E-state index contributed by atoms with van der Waals surface area (Å²) in [4.78, 5) is 7.44. The lowest BCUT2D eigenvalue weighted by Gasteiger charge is -2.41. The zero-order chi connectivity index (χ0) is 24.7. The molecule has 3 aliphatic rings. The summed E-state index contributed by atoms with van der Waals surface area (Å²) >= 11 is 0. The van der Waals surface area contributed by atoms with Gasteiger partial charge in [0.2, 0.25) is 0 Å². The summed E-state index contributed by atoms with van der Waals surface area (Å²) in [6, 6.07) is 1.61. The van der Waals surface area contributed by atoms with E-state index in [4.69, 9.17) is 0 Å². The van der Waals surface area contributed by atoms with Crippen LogP contribution in [0, 0.1) is 22.2 Å². The van der Waals surface area contributed by atoms with E-state index in [1.807, 2.05) is 0 Å². The van der Waals surface area contributed by atoms with Gasteiger partial charge in [0.05, 0.1) is 0 Å². The second-order valence-electron chi connectivity index (χ2n) is 14.3. The van der Waals surface area contributed by atoms with Crippen molar-refractivity contribution in [3.8, 4) is 0 Å². The van der Waals surface area contributed by atoms with Crippen molar-refractivity contribution in [2.24, 2.45) is 22.2 Å². The molecule has 3 heteroatoms. The number of piperidine rings is 2. The highest BCUT2D eigenvalue weighted by Crippen LogP contribution is 2.34. The minimum Gasteiger partial charge on any atom is -0.306 e. The predicted molar refractivity (Wildman–Crippen MR) is 145 cm³/mol. The predicted octanol–water partition coefficient (Wildman–Crippen LogP) is 7.02. The Balaban J connectivity index is 0.000000240. The summed E-state index contributed by atoms with van der Waals surface area (Å²) in [6.45, 7) is 26.3. The molecule has 0 aromatic carbocycles. The summed E-state index contributed by atoms with van der Waals surface area (Å²) in [7, 11) is 6.72. The zero-order valence-corrected chi connectivity index (χ0v) is 24.4. The minimum absolute atomic E-state index is 0.467. The van der Waals surface area contributed by atoms with Crippen LogP contribution in [-0.4, -0.2) is 74.1 Å². The quantitative estimate of drug-likeness (QED) is 0.392. The fourth-order valence-electron chi connectivity index (χ4n) is 6.05. The molecule has 0 aromatic heterocycles. The minimum atomic E-state index is 0.467. The summed E-state index contributed by atoms with van der Waals surface area (Å²) in [5, 5.41) is 0. The van der Waals surface area contributed by atoms with E-state index in [9.17, 15) is 0 Å². The van der Waals surface area contributed by atoms with Gasteiger partial charge in [-0.1, -0.05) is 68.7 Å². The van der Waals surface area contributed by atoms with E-state index in [0.29, 0.717) is 16.2 Å². The van der Waals surface area contributed by atoms with Gasteiger partial charge in [0.15, 0.2) is 0 Å². The molecule has 2 unspecified atom stereocenters. The van der Waals surface area contributed by atoms with E-state index in [2.05, 4.69) is 98.2 Å². The van der Waals surface area contributed by atoms with Crippen molar-refractivity contribution in [1.29, 1.82) is 0 Å². The monoisotopic (exact) mass is 451 g/mol. The Kier molecular flexibility index (Phi) is 11.7. The first-order valence-electron chi connectivity index (χ1n) is 13.6. The third-order valence-corrected chi connectivity index (χ3v) is 8.23. The van der Waals surface area contributed by atoms with Crippen molar-refractivity contribution in [2.75, 3.05) is 47.3 Å². The van der Waals surface area contributed by atoms with E-state index in [1.54, 1.807) is 0 Å². The highest BCUT2D eigenvalue weighted by atomic mass is 15.2. The lowest BCUT2D eigenvalue weighted by atomic mass is 9.75. The van der Waals surface area contributed by atoms with Crippen LogP contribution in [0.25, 0.3) is 0 Å². The fraction of sp³-hybridized carbons (Fsp3) is 1.00. The first-order chi connectivity index (χ1) is 14.5. The van der Waals surface area contributed by atoms with E-state index >= 15 is 0 Å². The van der Waals surface area contributed by atoms with Gasteiger partial charge in [-0.05, 0) is 108 Å². The number of hydrogen-bond donors (Lipinski definition) is 0. The summed E-state index contributed by atoms with van der Waals surface area (Å²) < 4.78 is 0. The topological polar surface area (TPSA) is 9.72 Å². The van der Waals surface area contributed by atoms with Crippen molar-refractivity contribution in [3.05, 3.63) is 0 Å². The van der Waals surface area contributed by atoms with Crippen molar-refractivity contribution in [2.45, 2.75) is 119 Å². The third-order valence-electron chi connectivity index (χ3n) is 8.23. The van der Waals surface area contributed by atoms with Crippen LogP contribution < -0.4 is 0 Å². The van der Waals surface area contributed by atoms with Gasteiger partial charge in [-0.15, -0.1) is 0 Å². The van der Waals surface area contributed by atoms with Crippen LogP contribution in [0.5, 0.6) is 0 Å². The lowest BCUT2D eigenvalue weighted by molar-refractivity contribution is 0.0883. The molecule has 2 atom stereocenters. The molecule has 3 saturated heterocycles. The van der Waals surface area contributed by atoms with Crippen LogP contribution >= 0.6 is 0 Å². The second kappa shape index (κ2) is 12.5. The molecule has 0 aliphatic carbocycles. The largest absolute Gasteiger partial charge is 0.306 e. The van der Waals surface area contributed by atoms with Gasteiger partial charge in [-0.25, -0.2) is 0 Å². The molecule has 0 saturated carbocycles. The molecule has 0 bridgehead atoms. The molecule has 3 rings (SSSR count). The van der Waals surface area contributed by atoms with Gasteiger partial charge in [-0.2, -0.15) is 0 Å². The average Bonchev–Trinajstić information content (AvgIpc) is 3.08. The smallest absolute Gasteiger partial charge is 0.0141 e. The van der Waals surface area contributed by atoms with E-state index in [0.717, 1.165) is 18.0 Å². The number of likely N-dealkylation sites (tertiary alicyclic amines) is 3. The first kappa shape index (κ1) is 29.9. The molecule has 0 amide bonds. The number of hydrogen-bond acceptors (Lipinski definition) is 3. The maximum Gasteiger partial charge on any atom is 0.0141 e. The maximum atomic E-state index is 2.52. The van der Waals surface area contributed by atoms with Crippen LogP contribution in [0.1, 0.15) is 107 Å². The summed E-state index contributed by atoms with van der Waals surface area (Å²) in [6.07, 6.45) is 9.76. The Morgan fingerprint density at radius 1 is 0.469 bits per heavy atom. The van der Waals surface area contributed by atoms with Crippen molar-refractivity contribution in [1.82, 2.24) is 14.7 Å². The van der Waals surface area contributed by atoms with Crippen LogP contribution in [0.2, 0.25) is 0 Å². The van der Waals surface area contributed by atoms with Gasteiger partial charge in [0.1, 0.15) is 0 Å². The van der Waals surface area contributed by atoms with Crippen LogP contribution in [0.15, 0.2) is 0 Å². The molecule has 3 aliphatic heterocycles. The van der Waals surface area contributed by atoms with Crippen molar-refractivity contribution in [3.63, 3.8) is 0 Å². The van der Waals surface area contributed by atoms with Crippen molar-refractivity contribution >= 4 is 0 Å².